The fourth-order valence-corrected chi connectivity index (χ4v) is 5.08. The Bertz CT molecular complexity index is 1320. The standard InChI is InChI=1S/C31H32ClN3O/c1-23-5-2-3-6-28(23)35-29(16-17-30(35)25-12-14-27(32)15-13-25)24-8-10-26(11-9-24)31(36)7-4-20-34-21-18-33-19-22-34/h2-3,5-6,8-17,33H,4,7,18-22H2,1H3. The molecule has 0 atom stereocenters. The van der Waals surface area contributed by atoms with E-state index in [1.807, 2.05) is 24.3 Å². The zero-order chi connectivity index (χ0) is 24.9. The number of carbonyl (C=O) groups is 1. The van der Waals surface area contributed by atoms with Crippen LogP contribution >= 0.6 is 11.6 Å². The van der Waals surface area contributed by atoms with Gasteiger partial charge in [0.15, 0.2) is 5.78 Å². The monoisotopic (exact) mass is 497 g/mol. The minimum atomic E-state index is 0.216. The van der Waals surface area contributed by atoms with Crippen LogP contribution in [0.15, 0.2) is 84.9 Å². The maximum atomic E-state index is 12.8. The topological polar surface area (TPSA) is 37.3 Å². The van der Waals surface area contributed by atoms with Crippen molar-refractivity contribution in [3.05, 3.63) is 101 Å². The number of aromatic nitrogens is 1. The highest BCUT2D eigenvalue weighted by molar-refractivity contribution is 6.30. The first-order valence-electron chi connectivity index (χ1n) is 12.7. The molecule has 4 aromatic rings. The molecule has 0 aliphatic carbocycles. The Balaban J connectivity index is 1.39. The van der Waals surface area contributed by atoms with E-state index in [9.17, 15) is 4.79 Å². The molecule has 4 nitrogen and oxygen atoms in total. The van der Waals surface area contributed by atoms with Gasteiger partial charge in [0, 0.05) is 48.9 Å². The van der Waals surface area contributed by atoms with Crippen LogP contribution in [0.3, 0.4) is 0 Å². The molecule has 1 aromatic heterocycles. The molecular weight excluding hydrogens is 466 g/mol. The molecule has 1 aliphatic heterocycles. The highest BCUT2D eigenvalue weighted by Gasteiger charge is 2.16. The fraction of sp³-hybridized carbons (Fsp3) is 0.258. The van der Waals surface area contributed by atoms with Crippen LogP contribution in [0.4, 0.5) is 0 Å². The van der Waals surface area contributed by atoms with Gasteiger partial charge in [0.1, 0.15) is 0 Å². The van der Waals surface area contributed by atoms with Crippen molar-refractivity contribution in [2.24, 2.45) is 0 Å². The number of Topliss-reactive ketones (excluding diaryl/α,β-unsaturated/α-hetero) is 1. The summed E-state index contributed by atoms with van der Waals surface area (Å²) in [5.41, 5.74) is 7.49. The molecule has 0 saturated carbocycles. The molecule has 0 amide bonds. The molecule has 1 aliphatic rings. The lowest BCUT2D eigenvalue weighted by Gasteiger charge is -2.26. The van der Waals surface area contributed by atoms with Crippen molar-refractivity contribution in [3.8, 4) is 28.2 Å². The molecule has 1 N–H and O–H groups in total. The summed E-state index contributed by atoms with van der Waals surface area (Å²) in [6, 6.07) is 28.8. The Labute approximate surface area is 218 Å². The molecule has 5 heteroatoms. The number of nitrogens with zero attached hydrogens (tertiary/aromatic N) is 2. The molecule has 1 saturated heterocycles. The van der Waals surface area contributed by atoms with Gasteiger partial charge in [-0.2, -0.15) is 0 Å². The molecule has 1 fully saturated rings. The third-order valence-electron chi connectivity index (χ3n) is 6.97. The van der Waals surface area contributed by atoms with Gasteiger partial charge in [-0.15, -0.1) is 0 Å². The van der Waals surface area contributed by atoms with E-state index in [-0.39, 0.29) is 5.78 Å². The lowest BCUT2D eigenvalue weighted by Crippen LogP contribution is -2.43. The van der Waals surface area contributed by atoms with Crippen molar-refractivity contribution in [1.29, 1.82) is 0 Å². The molecule has 36 heavy (non-hydrogen) atoms. The predicted octanol–water partition coefficient (Wildman–Crippen LogP) is 6.64. The number of para-hydroxylation sites is 1. The molecule has 5 rings (SSSR count). The quantitative estimate of drug-likeness (QED) is 0.277. The average molecular weight is 498 g/mol. The van der Waals surface area contributed by atoms with Crippen LogP contribution in [0.2, 0.25) is 5.02 Å². The minimum absolute atomic E-state index is 0.216. The van der Waals surface area contributed by atoms with Crippen LogP contribution in [0.1, 0.15) is 28.8 Å². The number of hydrogen-bond donors (Lipinski definition) is 1. The maximum absolute atomic E-state index is 12.8. The van der Waals surface area contributed by atoms with Gasteiger partial charge in [-0.3, -0.25) is 4.79 Å². The summed E-state index contributed by atoms with van der Waals surface area (Å²) < 4.78 is 2.29. The van der Waals surface area contributed by atoms with E-state index in [0.717, 1.165) is 77.9 Å². The van der Waals surface area contributed by atoms with E-state index >= 15 is 0 Å². The van der Waals surface area contributed by atoms with E-state index in [1.165, 1.54) is 5.56 Å². The zero-order valence-corrected chi connectivity index (χ0v) is 21.5. The average Bonchev–Trinajstić information content (AvgIpc) is 3.35. The van der Waals surface area contributed by atoms with E-state index in [4.69, 9.17) is 11.6 Å². The van der Waals surface area contributed by atoms with Crippen molar-refractivity contribution in [2.45, 2.75) is 19.8 Å². The Morgan fingerprint density at radius 3 is 2.08 bits per heavy atom. The number of ketones is 1. The first-order valence-corrected chi connectivity index (χ1v) is 13.1. The van der Waals surface area contributed by atoms with Gasteiger partial charge in [0.25, 0.3) is 0 Å². The van der Waals surface area contributed by atoms with Crippen molar-refractivity contribution < 1.29 is 4.79 Å². The van der Waals surface area contributed by atoms with Gasteiger partial charge in [-0.05, 0) is 66.9 Å². The van der Waals surface area contributed by atoms with Crippen molar-refractivity contribution in [1.82, 2.24) is 14.8 Å². The van der Waals surface area contributed by atoms with Crippen LogP contribution < -0.4 is 5.32 Å². The van der Waals surface area contributed by atoms with E-state index in [2.05, 4.69) is 82.4 Å². The maximum Gasteiger partial charge on any atom is 0.162 e. The Morgan fingerprint density at radius 2 is 1.44 bits per heavy atom. The second-order valence-electron chi connectivity index (χ2n) is 9.43. The molecule has 0 bridgehead atoms. The normalized spacial score (nSPS) is 14.2. The Kier molecular flexibility index (Phi) is 7.66. The van der Waals surface area contributed by atoms with E-state index in [1.54, 1.807) is 0 Å². The Hall–Kier alpha value is -3.18. The summed E-state index contributed by atoms with van der Waals surface area (Å²) in [5.74, 6) is 0.216. The molecule has 184 valence electrons. The summed E-state index contributed by atoms with van der Waals surface area (Å²) in [6.07, 6.45) is 1.49. The van der Waals surface area contributed by atoms with Crippen molar-refractivity contribution >= 4 is 17.4 Å². The zero-order valence-electron chi connectivity index (χ0n) is 20.7. The first-order chi connectivity index (χ1) is 17.6. The summed E-state index contributed by atoms with van der Waals surface area (Å²) >= 11 is 6.15. The number of benzene rings is 3. The second-order valence-corrected chi connectivity index (χ2v) is 9.86. The predicted molar refractivity (Wildman–Crippen MR) is 149 cm³/mol. The van der Waals surface area contributed by atoms with Crippen LogP contribution in [-0.2, 0) is 0 Å². The van der Waals surface area contributed by atoms with Gasteiger partial charge < -0.3 is 14.8 Å². The third kappa shape index (κ3) is 5.46. The lowest BCUT2D eigenvalue weighted by molar-refractivity contribution is 0.0973. The third-order valence-corrected chi connectivity index (χ3v) is 7.22. The van der Waals surface area contributed by atoms with E-state index < -0.39 is 0 Å². The number of piperazine rings is 1. The number of nitrogens with one attached hydrogen (secondary N) is 1. The number of carbonyl (C=O) groups excluding carboxylic acids is 1. The van der Waals surface area contributed by atoms with Gasteiger partial charge in [-0.1, -0.05) is 66.2 Å². The summed E-state index contributed by atoms with van der Waals surface area (Å²) in [4.78, 5) is 15.3. The SMILES string of the molecule is Cc1ccccc1-n1c(-c2ccc(Cl)cc2)ccc1-c1ccc(C(=O)CCCN2CCNCC2)cc1. The molecule has 2 heterocycles. The van der Waals surface area contributed by atoms with Crippen LogP contribution in [0, 0.1) is 6.92 Å². The summed E-state index contributed by atoms with van der Waals surface area (Å²) in [7, 11) is 0. The summed E-state index contributed by atoms with van der Waals surface area (Å²) in [6.45, 7) is 7.34. The van der Waals surface area contributed by atoms with Crippen LogP contribution in [-0.4, -0.2) is 48.0 Å². The van der Waals surface area contributed by atoms with Gasteiger partial charge in [-0.25, -0.2) is 0 Å². The first kappa shape index (κ1) is 24.5. The minimum Gasteiger partial charge on any atom is -0.314 e. The molecule has 0 unspecified atom stereocenters. The van der Waals surface area contributed by atoms with Gasteiger partial charge >= 0.3 is 0 Å². The number of halogens is 1. The van der Waals surface area contributed by atoms with Crippen LogP contribution in [0.25, 0.3) is 28.2 Å². The fourth-order valence-electron chi connectivity index (χ4n) is 4.95. The number of aryl methyl sites for hydroxylation is 1. The second kappa shape index (κ2) is 11.3. The smallest absolute Gasteiger partial charge is 0.162 e. The largest absolute Gasteiger partial charge is 0.314 e. The van der Waals surface area contributed by atoms with Gasteiger partial charge in [0.2, 0.25) is 0 Å². The molecule has 3 aromatic carbocycles. The molecule has 0 radical (unpaired) electrons. The summed E-state index contributed by atoms with van der Waals surface area (Å²) in [5, 5.41) is 4.10. The Morgan fingerprint density at radius 1 is 0.833 bits per heavy atom. The van der Waals surface area contributed by atoms with Crippen LogP contribution in [0.5, 0.6) is 0 Å². The molecule has 0 spiro atoms. The van der Waals surface area contributed by atoms with Gasteiger partial charge in [0.05, 0.1) is 11.4 Å². The lowest BCUT2D eigenvalue weighted by atomic mass is 10.0. The number of hydrogen-bond acceptors (Lipinski definition) is 3. The molecular formula is C31H32ClN3O. The van der Waals surface area contributed by atoms with E-state index in [0.29, 0.717) is 6.42 Å². The number of rotatable bonds is 8. The van der Waals surface area contributed by atoms with Crippen molar-refractivity contribution in [3.63, 3.8) is 0 Å². The highest BCUT2D eigenvalue weighted by Crippen LogP contribution is 2.34. The van der Waals surface area contributed by atoms with Crippen molar-refractivity contribution in [2.75, 3.05) is 32.7 Å². The highest BCUT2D eigenvalue weighted by atomic mass is 35.5.